The third-order valence-electron chi connectivity index (χ3n) is 2.00. The van der Waals surface area contributed by atoms with Gasteiger partial charge in [0, 0.05) is 16.1 Å². The molecule has 0 radical (unpaired) electrons. The van der Waals surface area contributed by atoms with Gasteiger partial charge in [0.05, 0.1) is 0 Å². The van der Waals surface area contributed by atoms with Crippen molar-refractivity contribution in [1.82, 2.24) is 0 Å². The van der Waals surface area contributed by atoms with E-state index >= 15 is 0 Å². The van der Waals surface area contributed by atoms with Gasteiger partial charge in [0.15, 0.2) is 0 Å². The summed E-state index contributed by atoms with van der Waals surface area (Å²) in [5.41, 5.74) is 5.95. The van der Waals surface area contributed by atoms with Crippen molar-refractivity contribution in [3.63, 3.8) is 0 Å². The van der Waals surface area contributed by atoms with Crippen molar-refractivity contribution in [3.05, 3.63) is 28.3 Å². The lowest BCUT2D eigenvalue weighted by Crippen LogP contribution is -2.20. The molecule has 4 nitrogen and oxygen atoms in total. The Morgan fingerprint density at radius 1 is 1.57 bits per heavy atom. The van der Waals surface area contributed by atoms with Crippen LogP contribution >= 0.6 is 11.6 Å². The van der Waals surface area contributed by atoms with E-state index in [2.05, 4.69) is 0 Å². The van der Waals surface area contributed by atoms with Crippen molar-refractivity contribution in [3.8, 4) is 5.75 Å². The maximum Gasteiger partial charge on any atom is 0.325 e. The fraction of sp³-hybridized carbons (Fsp3) is 0.222. The Hall–Kier alpha value is -1.26. The summed E-state index contributed by atoms with van der Waals surface area (Å²) < 4.78 is 0. The quantitative estimate of drug-likeness (QED) is 0.697. The third kappa shape index (κ3) is 1.81. The number of carbonyl (C=O) groups is 1. The van der Waals surface area contributed by atoms with Crippen LogP contribution in [0.15, 0.2) is 12.1 Å². The molecule has 0 aliphatic carbocycles. The molecule has 0 saturated carbocycles. The Balaban J connectivity index is 3.24. The number of aliphatic carboxylic acids is 1. The normalized spacial score (nSPS) is 12.5. The highest BCUT2D eigenvalue weighted by molar-refractivity contribution is 6.31. The molecule has 76 valence electrons. The maximum absolute atomic E-state index is 10.6. The van der Waals surface area contributed by atoms with Crippen LogP contribution in [0.5, 0.6) is 5.75 Å². The van der Waals surface area contributed by atoms with Gasteiger partial charge in [-0.25, -0.2) is 0 Å². The number of halogens is 1. The van der Waals surface area contributed by atoms with Crippen molar-refractivity contribution >= 4 is 17.6 Å². The molecule has 1 atom stereocenters. The van der Waals surface area contributed by atoms with E-state index in [4.69, 9.17) is 22.4 Å². The second-order valence-corrected chi connectivity index (χ2v) is 3.33. The first-order valence-corrected chi connectivity index (χ1v) is 4.29. The van der Waals surface area contributed by atoms with Crippen LogP contribution in [0.1, 0.15) is 17.2 Å². The maximum atomic E-state index is 10.6. The van der Waals surface area contributed by atoms with Gasteiger partial charge in [0.25, 0.3) is 0 Å². The average molecular weight is 216 g/mol. The Labute approximate surface area is 85.9 Å². The zero-order chi connectivity index (χ0) is 10.9. The number of nitrogens with two attached hydrogens (primary N) is 1. The molecule has 1 aromatic carbocycles. The summed E-state index contributed by atoms with van der Waals surface area (Å²) in [4.78, 5) is 10.6. The number of hydrogen-bond acceptors (Lipinski definition) is 3. The molecule has 0 amide bonds. The molecular weight excluding hydrogens is 206 g/mol. The van der Waals surface area contributed by atoms with Crippen molar-refractivity contribution in [1.29, 1.82) is 0 Å². The van der Waals surface area contributed by atoms with Crippen LogP contribution in [0, 0.1) is 6.92 Å². The van der Waals surface area contributed by atoms with Gasteiger partial charge in [-0.05, 0) is 13.0 Å². The lowest BCUT2D eigenvalue weighted by molar-refractivity contribution is -0.138. The molecule has 0 aliphatic rings. The van der Waals surface area contributed by atoms with Crippen LogP contribution in [0.4, 0.5) is 0 Å². The highest BCUT2D eigenvalue weighted by Gasteiger charge is 2.19. The van der Waals surface area contributed by atoms with Gasteiger partial charge < -0.3 is 15.9 Å². The van der Waals surface area contributed by atoms with Crippen LogP contribution in [-0.2, 0) is 4.79 Å². The topological polar surface area (TPSA) is 83.6 Å². The minimum Gasteiger partial charge on any atom is -0.507 e. The Kier molecular flexibility index (Phi) is 2.98. The van der Waals surface area contributed by atoms with E-state index in [1.165, 1.54) is 12.1 Å². The average Bonchev–Trinajstić information content (AvgIpc) is 2.13. The molecule has 0 fully saturated rings. The molecule has 1 unspecified atom stereocenters. The molecule has 4 N–H and O–H groups in total. The number of carboxylic acid groups (broad SMARTS) is 1. The molecular formula is C9H10ClNO3. The second kappa shape index (κ2) is 3.86. The molecule has 14 heavy (non-hydrogen) atoms. The molecule has 0 heterocycles. The number of phenolic OH excluding ortho intramolecular Hbond substituents is 1. The van der Waals surface area contributed by atoms with Crippen LogP contribution < -0.4 is 5.73 Å². The summed E-state index contributed by atoms with van der Waals surface area (Å²) >= 11 is 5.72. The summed E-state index contributed by atoms with van der Waals surface area (Å²) in [6.45, 7) is 1.59. The van der Waals surface area contributed by atoms with Gasteiger partial charge in [-0.3, -0.25) is 4.79 Å². The molecule has 1 aromatic rings. The summed E-state index contributed by atoms with van der Waals surface area (Å²) in [5, 5.41) is 18.6. The first-order chi connectivity index (χ1) is 6.45. The fourth-order valence-electron chi connectivity index (χ4n) is 1.08. The predicted molar refractivity (Wildman–Crippen MR) is 52.4 cm³/mol. The molecule has 0 aliphatic heterocycles. The van der Waals surface area contributed by atoms with Gasteiger partial charge in [0.2, 0.25) is 0 Å². The van der Waals surface area contributed by atoms with Crippen molar-refractivity contribution < 1.29 is 15.0 Å². The highest BCUT2D eigenvalue weighted by Crippen LogP contribution is 2.31. The summed E-state index contributed by atoms with van der Waals surface area (Å²) in [6.07, 6.45) is 0. The third-order valence-corrected chi connectivity index (χ3v) is 2.41. The molecule has 0 saturated heterocycles. The standard InChI is InChI=1S/C9H10ClNO3/c1-4-6(10)3-2-5(8(4)12)7(11)9(13)14/h2-3,7,12H,11H2,1H3,(H,13,14). The van der Waals surface area contributed by atoms with E-state index in [0.717, 1.165) is 0 Å². The zero-order valence-corrected chi connectivity index (χ0v) is 8.25. The van der Waals surface area contributed by atoms with E-state index < -0.39 is 12.0 Å². The van der Waals surface area contributed by atoms with E-state index in [1.54, 1.807) is 6.92 Å². The van der Waals surface area contributed by atoms with E-state index in [0.29, 0.717) is 10.6 Å². The minimum absolute atomic E-state index is 0.160. The van der Waals surface area contributed by atoms with Crippen LogP contribution in [0.25, 0.3) is 0 Å². The molecule has 1 rings (SSSR count). The fourth-order valence-corrected chi connectivity index (χ4v) is 1.23. The lowest BCUT2D eigenvalue weighted by atomic mass is 10.0. The SMILES string of the molecule is Cc1c(Cl)ccc(C(N)C(=O)O)c1O. The number of carboxylic acids is 1. The minimum atomic E-state index is -1.23. The predicted octanol–water partition coefficient (Wildman–Crippen LogP) is 1.44. The number of rotatable bonds is 2. The number of phenols is 1. The largest absolute Gasteiger partial charge is 0.507 e. The Morgan fingerprint density at radius 2 is 2.14 bits per heavy atom. The van der Waals surface area contributed by atoms with Crippen LogP contribution in [0.3, 0.4) is 0 Å². The van der Waals surface area contributed by atoms with Gasteiger partial charge in [-0.15, -0.1) is 0 Å². The highest BCUT2D eigenvalue weighted by atomic mass is 35.5. The monoisotopic (exact) mass is 215 g/mol. The molecule has 5 heteroatoms. The second-order valence-electron chi connectivity index (χ2n) is 2.93. The van der Waals surface area contributed by atoms with E-state index in [1.807, 2.05) is 0 Å². The molecule has 0 aromatic heterocycles. The van der Waals surface area contributed by atoms with Crippen LogP contribution in [0.2, 0.25) is 5.02 Å². The van der Waals surface area contributed by atoms with E-state index in [-0.39, 0.29) is 11.3 Å². The molecule has 0 spiro atoms. The first-order valence-electron chi connectivity index (χ1n) is 3.91. The van der Waals surface area contributed by atoms with E-state index in [9.17, 15) is 9.90 Å². The summed E-state index contributed by atoms with van der Waals surface area (Å²) in [6, 6.07) is 1.68. The van der Waals surface area contributed by atoms with Crippen molar-refractivity contribution in [2.24, 2.45) is 5.73 Å². The van der Waals surface area contributed by atoms with Gasteiger partial charge >= 0.3 is 5.97 Å². The smallest absolute Gasteiger partial charge is 0.325 e. The van der Waals surface area contributed by atoms with Gasteiger partial charge in [0.1, 0.15) is 11.8 Å². The summed E-state index contributed by atoms with van der Waals surface area (Å²) in [5.74, 6) is -1.35. The number of benzene rings is 1. The van der Waals surface area contributed by atoms with Crippen molar-refractivity contribution in [2.75, 3.05) is 0 Å². The summed E-state index contributed by atoms with van der Waals surface area (Å²) in [7, 11) is 0. The molecule has 0 bridgehead atoms. The lowest BCUT2D eigenvalue weighted by Gasteiger charge is -2.11. The van der Waals surface area contributed by atoms with Crippen molar-refractivity contribution in [2.45, 2.75) is 13.0 Å². The van der Waals surface area contributed by atoms with Crippen LogP contribution in [-0.4, -0.2) is 16.2 Å². The number of aromatic hydroxyl groups is 1. The zero-order valence-electron chi connectivity index (χ0n) is 7.49. The van der Waals surface area contributed by atoms with Gasteiger partial charge in [-0.1, -0.05) is 17.7 Å². The first kappa shape index (κ1) is 10.8. The number of hydrogen-bond donors (Lipinski definition) is 3. The van der Waals surface area contributed by atoms with Gasteiger partial charge in [-0.2, -0.15) is 0 Å². The Morgan fingerprint density at radius 3 is 2.64 bits per heavy atom. The Bertz CT molecular complexity index is 379.